The topological polar surface area (TPSA) is 124 Å². The van der Waals surface area contributed by atoms with Crippen molar-refractivity contribution >= 4 is 17.6 Å². The predicted octanol–water partition coefficient (Wildman–Crippen LogP) is 2.37. The summed E-state index contributed by atoms with van der Waals surface area (Å²) < 4.78 is 5.46. The Kier molecular flexibility index (Phi) is 4.14. The molecule has 2 aromatic rings. The third-order valence-corrected chi connectivity index (χ3v) is 5.17. The van der Waals surface area contributed by atoms with Crippen LogP contribution in [0.2, 0.25) is 0 Å². The molecule has 8 nitrogen and oxygen atoms in total. The second kappa shape index (κ2) is 6.40. The van der Waals surface area contributed by atoms with Gasteiger partial charge < -0.3 is 15.2 Å². The van der Waals surface area contributed by atoms with E-state index in [1.165, 1.54) is 0 Å². The molecule has 0 saturated heterocycles. The molecule has 0 fully saturated rings. The molecule has 0 unspecified atom stereocenters. The fourth-order valence-corrected chi connectivity index (χ4v) is 4.12. The maximum Gasteiger partial charge on any atom is 0.341 e. The van der Waals surface area contributed by atoms with E-state index in [0.29, 0.717) is 41.1 Å². The number of rotatable bonds is 4. The highest BCUT2D eigenvalue weighted by atomic mass is 16.5. The molecular weight excluding hydrogens is 362 g/mol. The molecule has 2 aliphatic rings. The maximum absolute atomic E-state index is 13.1. The van der Waals surface area contributed by atoms with Crippen LogP contribution >= 0.6 is 0 Å². The zero-order valence-corrected chi connectivity index (χ0v) is 15.6. The van der Waals surface area contributed by atoms with Gasteiger partial charge in [-0.25, -0.2) is 4.79 Å². The highest BCUT2D eigenvalue weighted by Gasteiger charge is 2.43. The van der Waals surface area contributed by atoms with Crippen LogP contribution in [0.5, 0.6) is 5.75 Å². The fraction of sp³-hybridized carbons (Fsp3) is 0.350. The number of fused-ring (bicyclic) bond motifs is 1. The molecule has 2 heterocycles. The van der Waals surface area contributed by atoms with Crippen molar-refractivity contribution in [2.45, 2.75) is 32.6 Å². The minimum atomic E-state index is -1.10. The van der Waals surface area contributed by atoms with Crippen LogP contribution in [-0.2, 0) is 9.59 Å². The first kappa shape index (κ1) is 18.1. The van der Waals surface area contributed by atoms with E-state index in [4.69, 9.17) is 9.84 Å². The molecule has 146 valence electrons. The normalized spacial score (nSPS) is 20.2. The van der Waals surface area contributed by atoms with Crippen molar-refractivity contribution in [3.8, 4) is 5.75 Å². The lowest BCUT2D eigenvalue weighted by atomic mass is 9.69. The van der Waals surface area contributed by atoms with E-state index in [1.54, 1.807) is 24.3 Å². The smallest absolute Gasteiger partial charge is 0.341 e. The van der Waals surface area contributed by atoms with Gasteiger partial charge in [0.15, 0.2) is 12.4 Å². The third kappa shape index (κ3) is 3.00. The number of carboxylic acids is 1. The van der Waals surface area contributed by atoms with Gasteiger partial charge in [-0.15, -0.1) is 0 Å². The Morgan fingerprint density at radius 3 is 2.71 bits per heavy atom. The van der Waals surface area contributed by atoms with Crippen LogP contribution in [0, 0.1) is 5.41 Å². The number of aromatic nitrogens is 2. The number of nitrogens with one attached hydrogen (secondary N) is 3. The zero-order chi connectivity index (χ0) is 20.1. The van der Waals surface area contributed by atoms with Gasteiger partial charge in [0.05, 0.1) is 11.5 Å². The molecular formula is C20H21N3O5. The monoisotopic (exact) mass is 383 g/mol. The standard InChI is InChI=1S/C20H21N3O5/c1-20(2)7-11-16(12(24)8-20)15(17-18(21-11)22-23-19(17)27)10-5-3-4-6-13(10)28-9-14(25)26/h3-6,15H,7-9H2,1-2H3,(H,25,26)(H3,21,22,23,27)/t15-/m1/s1. The summed E-state index contributed by atoms with van der Waals surface area (Å²) in [5.41, 5.74) is 1.80. The van der Waals surface area contributed by atoms with Crippen LogP contribution < -0.4 is 15.6 Å². The average Bonchev–Trinajstić information content (AvgIpc) is 2.98. The van der Waals surface area contributed by atoms with Crippen molar-refractivity contribution in [2.75, 3.05) is 11.9 Å². The van der Waals surface area contributed by atoms with Crippen LogP contribution in [0.3, 0.4) is 0 Å². The molecule has 0 radical (unpaired) electrons. The zero-order valence-electron chi connectivity index (χ0n) is 15.6. The Morgan fingerprint density at radius 2 is 1.96 bits per heavy atom. The van der Waals surface area contributed by atoms with Gasteiger partial charge in [0.1, 0.15) is 11.6 Å². The minimum absolute atomic E-state index is 0.0250. The van der Waals surface area contributed by atoms with E-state index in [2.05, 4.69) is 15.5 Å². The van der Waals surface area contributed by atoms with Gasteiger partial charge in [0.2, 0.25) is 0 Å². The molecule has 0 saturated carbocycles. The number of carbonyl (C=O) groups excluding carboxylic acids is 1. The van der Waals surface area contributed by atoms with Crippen molar-refractivity contribution < 1.29 is 19.4 Å². The summed E-state index contributed by atoms with van der Waals surface area (Å²) in [6, 6.07) is 6.92. The van der Waals surface area contributed by atoms with E-state index in [1.807, 2.05) is 13.8 Å². The number of para-hydroxylation sites is 1. The van der Waals surface area contributed by atoms with E-state index in [0.717, 1.165) is 5.70 Å². The SMILES string of the molecule is CC1(C)CC(=O)C2=C(C1)Nc1[nH][nH]c(=O)c1[C@@H]2c1ccccc1OCC(=O)O. The number of hydrogen-bond donors (Lipinski definition) is 4. The van der Waals surface area contributed by atoms with Crippen molar-refractivity contribution in [3.05, 3.63) is 57.0 Å². The van der Waals surface area contributed by atoms with E-state index >= 15 is 0 Å². The van der Waals surface area contributed by atoms with Crippen LogP contribution in [0.1, 0.15) is 43.7 Å². The van der Waals surface area contributed by atoms with Crippen LogP contribution in [0.15, 0.2) is 40.3 Å². The Bertz CT molecular complexity index is 1060. The van der Waals surface area contributed by atoms with Gasteiger partial charge in [-0.05, 0) is 17.9 Å². The number of hydrogen-bond acceptors (Lipinski definition) is 5. The number of ether oxygens (including phenoxy) is 1. The first-order valence-corrected chi connectivity index (χ1v) is 9.04. The van der Waals surface area contributed by atoms with Gasteiger partial charge in [-0.2, -0.15) is 0 Å². The second-order valence-corrected chi connectivity index (χ2v) is 7.98. The second-order valence-electron chi connectivity index (χ2n) is 7.98. The highest BCUT2D eigenvalue weighted by Crippen LogP contribution is 2.49. The quantitative estimate of drug-likeness (QED) is 0.642. The van der Waals surface area contributed by atoms with E-state index in [9.17, 15) is 14.4 Å². The lowest BCUT2D eigenvalue weighted by molar-refractivity contribution is -0.139. The summed E-state index contributed by atoms with van der Waals surface area (Å²) in [5, 5.41) is 17.6. The summed E-state index contributed by atoms with van der Waals surface area (Å²) in [5.74, 6) is -0.895. The van der Waals surface area contributed by atoms with E-state index in [-0.39, 0.29) is 16.8 Å². The van der Waals surface area contributed by atoms with Gasteiger partial charge >= 0.3 is 5.97 Å². The molecule has 4 N–H and O–H groups in total. The van der Waals surface area contributed by atoms with Crippen molar-refractivity contribution in [1.29, 1.82) is 0 Å². The molecule has 1 aromatic heterocycles. The Balaban J connectivity index is 1.90. The first-order valence-electron chi connectivity index (χ1n) is 9.04. The number of allylic oxidation sites excluding steroid dienone is 2. The number of anilines is 1. The van der Waals surface area contributed by atoms with Crippen molar-refractivity contribution in [2.24, 2.45) is 5.41 Å². The van der Waals surface area contributed by atoms with Crippen molar-refractivity contribution in [3.63, 3.8) is 0 Å². The summed E-state index contributed by atoms with van der Waals surface area (Å²) in [7, 11) is 0. The molecule has 0 bridgehead atoms. The molecule has 1 aromatic carbocycles. The number of aliphatic carboxylic acids is 1. The Hall–Kier alpha value is -3.29. The summed E-state index contributed by atoms with van der Waals surface area (Å²) in [6.45, 7) is 3.56. The van der Waals surface area contributed by atoms with Gasteiger partial charge in [-0.1, -0.05) is 32.0 Å². The van der Waals surface area contributed by atoms with E-state index < -0.39 is 18.5 Å². The number of benzene rings is 1. The van der Waals surface area contributed by atoms with Gasteiger partial charge in [0, 0.05) is 23.3 Å². The minimum Gasteiger partial charge on any atom is -0.482 e. The number of Topliss-reactive ketones (excluding diaryl/α,β-unsaturated/α-hetero) is 1. The number of carbonyl (C=O) groups is 2. The number of carboxylic acid groups (broad SMARTS) is 1. The molecule has 28 heavy (non-hydrogen) atoms. The predicted molar refractivity (Wildman–Crippen MR) is 101 cm³/mol. The molecule has 0 spiro atoms. The van der Waals surface area contributed by atoms with Crippen LogP contribution in [-0.4, -0.2) is 33.7 Å². The molecule has 1 atom stereocenters. The highest BCUT2D eigenvalue weighted by molar-refractivity contribution is 6.01. The molecule has 0 amide bonds. The fourth-order valence-electron chi connectivity index (χ4n) is 4.12. The number of H-pyrrole nitrogens is 2. The third-order valence-electron chi connectivity index (χ3n) is 5.17. The number of ketones is 1. The largest absolute Gasteiger partial charge is 0.482 e. The molecule has 8 heteroatoms. The Morgan fingerprint density at radius 1 is 1.21 bits per heavy atom. The Labute approximate surface area is 160 Å². The molecule has 1 aliphatic heterocycles. The van der Waals surface area contributed by atoms with Gasteiger partial charge in [0.25, 0.3) is 5.56 Å². The summed E-state index contributed by atoms with van der Waals surface area (Å²) >= 11 is 0. The van der Waals surface area contributed by atoms with Crippen LogP contribution in [0.25, 0.3) is 0 Å². The molecule has 4 rings (SSSR count). The lowest BCUT2D eigenvalue weighted by Gasteiger charge is -2.38. The lowest BCUT2D eigenvalue weighted by Crippen LogP contribution is -2.35. The first-order chi connectivity index (χ1) is 13.3. The summed E-state index contributed by atoms with van der Waals surface area (Å²) in [4.78, 5) is 36.6. The average molecular weight is 383 g/mol. The van der Waals surface area contributed by atoms with Gasteiger partial charge in [-0.3, -0.25) is 19.8 Å². The maximum atomic E-state index is 13.1. The molecule has 1 aliphatic carbocycles. The summed E-state index contributed by atoms with van der Waals surface area (Å²) in [6.07, 6.45) is 1.04. The van der Waals surface area contributed by atoms with Crippen LogP contribution in [0.4, 0.5) is 5.82 Å². The van der Waals surface area contributed by atoms with Crippen molar-refractivity contribution in [1.82, 2.24) is 10.2 Å². The number of aromatic amines is 2.